The fourth-order valence-electron chi connectivity index (χ4n) is 2.23. The third kappa shape index (κ3) is 6.06. The number of rotatable bonds is 8. The Kier molecular flexibility index (Phi) is 6.74. The molecule has 0 amide bonds. The van der Waals surface area contributed by atoms with Crippen LogP contribution in [0, 0.1) is 19.8 Å². The minimum atomic E-state index is 0.481. The number of aromatic nitrogens is 2. The van der Waals surface area contributed by atoms with Crippen LogP contribution in [0.2, 0.25) is 0 Å². The molecule has 0 saturated carbocycles. The van der Waals surface area contributed by atoms with E-state index in [1.807, 2.05) is 38.1 Å². The number of nitrogens with zero attached hydrogens (tertiary/aromatic N) is 3. The normalized spacial score (nSPS) is 11.1. The van der Waals surface area contributed by atoms with Crippen molar-refractivity contribution in [1.82, 2.24) is 9.97 Å². The van der Waals surface area contributed by atoms with E-state index < -0.39 is 0 Å². The van der Waals surface area contributed by atoms with Gasteiger partial charge in [0, 0.05) is 11.4 Å². The number of methoxy groups -OCH3 is 1. The lowest BCUT2D eigenvalue weighted by atomic mass is 10.1. The summed E-state index contributed by atoms with van der Waals surface area (Å²) in [5.74, 6) is 2.52. The summed E-state index contributed by atoms with van der Waals surface area (Å²) in [6.07, 6.45) is 2.70. The van der Waals surface area contributed by atoms with E-state index in [1.165, 1.54) is 0 Å². The molecule has 1 aromatic heterocycles. The Labute approximate surface area is 149 Å². The highest BCUT2D eigenvalue weighted by atomic mass is 16.5. The van der Waals surface area contributed by atoms with Crippen LogP contribution in [0.5, 0.6) is 11.5 Å². The molecule has 0 aliphatic rings. The molecule has 6 nitrogen and oxygen atoms in total. The highest BCUT2D eigenvalue weighted by Crippen LogP contribution is 2.27. The van der Waals surface area contributed by atoms with Crippen molar-refractivity contribution in [1.29, 1.82) is 0 Å². The third-order valence-corrected chi connectivity index (χ3v) is 3.50. The highest BCUT2D eigenvalue weighted by molar-refractivity contribution is 5.81. The van der Waals surface area contributed by atoms with Crippen LogP contribution in [0.4, 0.5) is 5.95 Å². The van der Waals surface area contributed by atoms with Crippen molar-refractivity contribution in [3.8, 4) is 11.5 Å². The molecule has 25 heavy (non-hydrogen) atoms. The van der Waals surface area contributed by atoms with Crippen LogP contribution in [0.1, 0.15) is 37.2 Å². The zero-order valence-electron chi connectivity index (χ0n) is 15.5. The lowest BCUT2D eigenvalue weighted by molar-refractivity contribution is 0.273. The standard InChI is InChI=1S/C19H26N4O2/c1-13(2)8-9-25-17-7-6-16(11-18(17)24-5)12-20-23-19-21-14(3)10-15(4)22-19/h6-7,10-13H,8-9H2,1-5H3,(H,21,22,23). The zero-order valence-corrected chi connectivity index (χ0v) is 15.5. The second-order valence-corrected chi connectivity index (χ2v) is 6.29. The smallest absolute Gasteiger partial charge is 0.243 e. The van der Waals surface area contributed by atoms with Gasteiger partial charge in [0.05, 0.1) is 19.9 Å². The van der Waals surface area contributed by atoms with E-state index in [0.29, 0.717) is 24.2 Å². The molecule has 2 rings (SSSR count). The van der Waals surface area contributed by atoms with E-state index in [2.05, 4.69) is 34.3 Å². The van der Waals surface area contributed by atoms with Gasteiger partial charge in [0.2, 0.25) is 5.95 Å². The molecule has 0 atom stereocenters. The Morgan fingerprint density at radius 1 is 1.12 bits per heavy atom. The number of hydrazone groups is 1. The lowest BCUT2D eigenvalue weighted by Crippen LogP contribution is -2.03. The second kappa shape index (κ2) is 9.01. The van der Waals surface area contributed by atoms with E-state index in [1.54, 1.807) is 13.3 Å². The molecule has 1 N–H and O–H groups in total. The Hall–Kier alpha value is -2.63. The lowest BCUT2D eigenvalue weighted by Gasteiger charge is -2.12. The summed E-state index contributed by atoms with van der Waals surface area (Å²) in [6, 6.07) is 7.63. The SMILES string of the molecule is COc1cc(C=NNc2nc(C)cc(C)n2)ccc1OCCC(C)C. The Bertz CT molecular complexity index is 709. The Morgan fingerprint density at radius 3 is 2.48 bits per heavy atom. The summed E-state index contributed by atoms with van der Waals surface area (Å²) in [4.78, 5) is 8.56. The van der Waals surface area contributed by atoms with Crippen molar-refractivity contribution in [3.05, 3.63) is 41.2 Å². The van der Waals surface area contributed by atoms with Gasteiger partial charge in [-0.15, -0.1) is 0 Å². The fraction of sp³-hybridized carbons (Fsp3) is 0.421. The van der Waals surface area contributed by atoms with Crippen molar-refractivity contribution in [2.75, 3.05) is 19.1 Å². The molecule has 0 fully saturated rings. The average molecular weight is 342 g/mol. The molecule has 1 aromatic carbocycles. The summed E-state index contributed by atoms with van der Waals surface area (Å²) < 4.78 is 11.2. The largest absolute Gasteiger partial charge is 0.493 e. The van der Waals surface area contributed by atoms with Crippen molar-refractivity contribution in [3.63, 3.8) is 0 Å². The van der Waals surface area contributed by atoms with Gasteiger partial charge in [-0.25, -0.2) is 15.4 Å². The summed E-state index contributed by atoms with van der Waals surface area (Å²) >= 11 is 0. The van der Waals surface area contributed by atoms with Crippen LogP contribution < -0.4 is 14.9 Å². The first kappa shape index (κ1) is 18.7. The average Bonchev–Trinajstić information content (AvgIpc) is 2.54. The first-order valence-corrected chi connectivity index (χ1v) is 8.40. The van der Waals surface area contributed by atoms with Gasteiger partial charge in [0.25, 0.3) is 0 Å². The number of nitrogens with one attached hydrogen (secondary N) is 1. The Morgan fingerprint density at radius 2 is 1.84 bits per heavy atom. The fourth-order valence-corrected chi connectivity index (χ4v) is 2.23. The third-order valence-electron chi connectivity index (χ3n) is 3.50. The zero-order chi connectivity index (χ0) is 18.2. The minimum absolute atomic E-state index is 0.481. The van der Waals surface area contributed by atoms with Gasteiger partial charge in [-0.1, -0.05) is 13.8 Å². The molecular formula is C19H26N4O2. The van der Waals surface area contributed by atoms with Crippen LogP contribution in [0.25, 0.3) is 0 Å². The predicted octanol–water partition coefficient (Wildman–Crippen LogP) is 3.97. The van der Waals surface area contributed by atoms with Crippen molar-refractivity contribution < 1.29 is 9.47 Å². The molecule has 2 aromatic rings. The molecule has 0 unspecified atom stereocenters. The number of hydrogen-bond donors (Lipinski definition) is 1. The number of ether oxygens (including phenoxy) is 2. The molecule has 1 heterocycles. The van der Waals surface area contributed by atoms with Crippen LogP contribution in [-0.2, 0) is 0 Å². The maximum absolute atomic E-state index is 5.79. The topological polar surface area (TPSA) is 68.6 Å². The molecule has 134 valence electrons. The predicted molar refractivity (Wildman–Crippen MR) is 101 cm³/mol. The van der Waals surface area contributed by atoms with Crippen molar-refractivity contribution >= 4 is 12.2 Å². The molecule has 0 spiro atoms. The Balaban J connectivity index is 2.01. The van der Waals surface area contributed by atoms with Gasteiger partial charge in [0.15, 0.2) is 11.5 Å². The van der Waals surface area contributed by atoms with E-state index in [4.69, 9.17) is 9.47 Å². The summed E-state index contributed by atoms with van der Waals surface area (Å²) in [5, 5.41) is 4.19. The van der Waals surface area contributed by atoms with Gasteiger partial charge >= 0.3 is 0 Å². The number of benzene rings is 1. The quantitative estimate of drug-likeness (QED) is 0.580. The van der Waals surface area contributed by atoms with Gasteiger partial charge in [-0.05, 0) is 56.0 Å². The summed E-state index contributed by atoms with van der Waals surface area (Å²) in [6.45, 7) is 8.87. The van der Waals surface area contributed by atoms with Gasteiger partial charge in [-0.2, -0.15) is 5.10 Å². The first-order chi connectivity index (χ1) is 12.0. The number of aryl methyl sites for hydroxylation is 2. The van der Waals surface area contributed by atoms with Crippen LogP contribution >= 0.6 is 0 Å². The summed E-state index contributed by atoms with van der Waals surface area (Å²) in [7, 11) is 1.63. The van der Waals surface area contributed by atoms with Crippen LogP contribution in [0.15, 0.2) is 29.4 Å². The van der Waals surface area contributed by atoms with Crippen LogP contribution in [-0.4, -0.2) is 29.9 Å². The van der Waals surface area contributed by atoms with Gasteiger partial charge in [-0.3, -0.25) is 0 Å². The summed E-state index contributed by atoms with van der Waals surface area (Å²) in [5.41, 5.74) is 5.54. The number of anilines is 1. The molecular weight excluding hydrogens is 316 g/mol. The van der Waals surface area contributed by atoms with E-state index in [-0.39, 0.29) is 0 Å². The van der Waals surface area contributed by atoms with Crippen molar-refractivity contribution in [2.45, 2.75) is 34.1 Å². The van der Waals surface area contributed by atoms with Gasteiger partial charge < -0.3 is 9.47 Å². The highest BCUT2D eigenvalue weighted by Gasteiger charge is 2.06. The van der Waals surface area contributed by atoms with Gasteiger partial charge in [0.1, 0.15) is 0 Å². The molecule has 0 saturated heterocycles. The molecule has 6 heteroatoms. The van der Waals surface area contributed by atoms with E-state index in [0.717, 1.165) is 29.1 Å². The maximum Gasteiger partial charge on any atom is 0.243 e. The minimum Gasteiger partial charge on any atom is -0.493 e. The monoisotopic (exact) mass is 342 g/mol. The maximum atomic E-state index is 5.79. The molecule has 0 aliphatic heterocycles. The van der Waals surface area contributed by atoms with E-state index in [9.17, 15) is 0 Å². The number of hydrogen-bond acceptors (Lipinski definition) is 6. The van der Waals surface area contributed by atoms with Crippen LogP contribution in [0.3, 0.4) is 0 Å². The molecule has 0 aliphatic carbocycles. The first-order valence-electron chi connectivity index (χ1n) is 8.40. The molecule has 0 radical (unpaired) electrons. The van der Waals surface area contributed by atoms with Crippen molar-refractivity contribution in [2.24, 2.45) is 11.0 Å². The second-order valence-electron chi connectivity index (χ2n) is 6.29. The van der Waals surface area contributed by atoms with E-state index >= 15 is 0 Å². The molecule has 0 bridgehead atoms.